The molecule has 0 aromatic carbocycles. The van der Waals surface area contributed by atoms with Crippen LogP contribution in [0.25, 0.3) is 0 Å². The van der Waals surface area contributed by atoms with Crippen LogP contribution in [0.3, 0.4) is 0 Å². The van der Waals surface area contributed by atoms with E-state index in [1.165, 1.54) is 17.8 Å². The molecular weight excluding hydrogens is 278 g/mol. The van der Waals surface area contributed by atoms with Gasteiger partial charge in [-0.15, -0.1) is 6.58 Å². The minimum atomic E-state index is -1.06. The predicted molar refractivity (Wildman–Crippen MR) is 81.8 cm³/mol. The summed E-state index contributed by atoms with van der Waals surface area (Å²) in [6.45, 7) is 5.55. The van der Waals surface area contributed by atoms with Gasteiger partial charge in [-0.1, -0.05) is 25.8 Å². The zero-order valence-corrected chi connectivity index (χ0v) is 13.0. The first-order valence-corrected chi connectivity index (χ1v) is 8.20. The lowest BCUT2D eigenvalue weighted by Crippen LogP contribution is -2.46. The second kappa shape index (κ2) is 10.7. The van der Waals surface area contributed by atoms with Gasteiger partial charge in [-0.25, -0.2) is 4.79 Å². The number of unbranched alkanes of at least 4 members (excludes halogenated alkanes) is 1. The zero-order valence-electron chi connectivity index (χ0n) is 12.2. The standard InChI is InChI=1S/C14H25NO4S/c1-4-6-7-12(16)10(5-2)13(17)15-11(14(18)19)8-9-20-3/h5,10-12,16H,2,4,6-9H2,1,3H3,(H,15,17)(H,18,19)/t10-,11?,12+/m0/s1. The van der Waals surface area contributed by atoms with Gasteiger partial charge in [0.25, 0.3) is 0 Å². The molecule has 0 radical (unpaired) electrons. The molecule has 0 aromatic rings. The first-order chi connectivity index (χ1) is 9.47. The molecule has 0 fully saturated rings. The van der Waals surface area contributed by atoms with Crippen molar-refractivity contribution in [3.63, 3.8) is 0 Å². The van der Waals surface area contributed by atoms with E-state index in [0.29, 0.717) is 18.6 Å². The van der Waals surface area contributed by atoms with Gasteiger partial charge in [0.2, 0.25) is 5.91 Å². The fraction of sp³-hybridized carbons (Fsp3) is 0.714. The van der Waals surface area contributed by atoms with Crippen LogP contribution in [-0.4, -0.2) is 46.2 Å². The lowest BCUT2D eigenvalue weighted by molar-refractivity contribution is -0.142. The minimum absolute atomic E-state index is 0.358. The van der Waals surface area contributed by atoms with Crippen molar-refractivity contribution in [2.75, 3.05) is 12.0 Å². The van der Waals surface area contributed by atoms with Gasteiger partial charge in [0, 0.05) is 0 Å². The van der Waals surface area contributed by atoms with Crippen molar-refractivity contribution in [3.8, 4) is 0 Å². The molecule has 116 valence electrons. The van der Waals surface area contributed by atoms with Gasteiger partial charge in [0.15, 0.2) is 0 Å². The largest absolute Gasteiger partial charge is 0.480 e. The molecule has 0 saturated heterocycles. The lowest BCUT2D eigenvalue weighted by atomic mass is 9.96. The molecule has 3 atom stereocenters. The summed E-state index contributed by atoms with van der Waals surface area (Å²) >= 11 is 1.52. The molecule has 1 amide bonds. The van der Waals surface area contributed by atoms with Crippen molar-refractivity contribution in [2.24, 2.45) is 5.92 Å². The molecule has 1 unspecified atom stereocenters. The molecule has 0 aliphatic carbocycles. The van der Waals surface area contributed by atoms with Crippen LogP contribution < -0.4 is 5.32 Å². The molecule has 0 heterocycles. The highest BCUT2D eigenvalue weighted by Crippen LogP contribution is 2.13. The van der Waals surface area contributed by atoms with E-state index < -0.39 is 29.9 Å². The number of aliphatic hydroxyl groups is 1. The Hall–Kier alpha value is -1.01. The Morgan fingerprint density at radius 3 is 2.50 bits per heavy atom. The summed E-state index contributed by atoms with van der Waals surface area (Å²) in [6, 6.07) is -0.921. The van der Waals surface area contributed by atoms with Gasteiger partial charge in [0.1, 0.15) is 6.04 Å². The lowest BCUT2D eigenvalue weighted by Gasteiger charge is -2.21. The Labute approximate surface area is 124 Å². The van der Waals surface area contributed by atoms with E-state index in [9.17, 15) is 14.7 Å². The molecule has 0 rings (SSSR count). The predicted octanol–water partition coefficient (Wildman–Crippen LogP) is 1.66. The highest BCUT2D eigenvalue weighted by Gasteiger charge is 2.27. The number of thioether (sulfide) groups is 1. The van der Waals surface area contributed by atoms with E-state index >= 15 is 0 Å². The molecule has 0 saturated carbocycles. The van der Waals surface area contributed by atoms with Crippen molar-refractivity contribution in [1.82, 2.24) is 5.32 Å². The summed E-state index contributed by atoms with van der Waals surface area (Å²) in [6.07, 6.45) is 5.04. The summed E-state index contributed by atoms with van der Waals surface area (Å²) in [5.74, 6) is -1.65. The van der Waals surface area contributed by atoms with Gasteiger partial charge in [-0.05, 0) is 24.9 Å². The fourth-order valence-corrected chi connectivity index (χ4v) is 2.26. The highest BCUT2D eigenvalue weighted by atomic mass is 32.2. The molecule has 0 spiro atoms. The van der Waals surface area contributed by atoms with Gasteiger partial charge in [0.05, 0.1) is 12.0 Å². The number of carboxylic acid groups (broad SMARTS) is 1. The summed E-state index contributed by atoms with van der Waals surface area (Å²) in [7, 11) is 0. The highest BCUT2D eigenvalue weighted by molar-refractivity contribution is 7.98. The van der Waals surface area contributed by atoms with Crippen LogP contribution in [0, 0.1) is 5.92 Å². The Morgan fingerprint density at radius 2 is 2.05 bits per heavy atom. The molecule has 5 nitrogen and oxygen atoms in total. The first kappa shape index (κ1) is 19.0. The number of amides is 1. The van der Waals surface area contributed by atoms with Gasteiger partial charge >= 0.3 is 5.97 Å². The van der Waals surface area contributed by atoms with Crippen LogP contribution in [0.1, 0.15) is 32.6 Å². The number of aliphatic hydroxyl groups excluding tert-OH is 1. The second-order valence-electron chi connectivity index (χ2n) is 4.65. The van der Waals surface area contributed by atoms with Crippen molar-refractivity contribution in [1.29, 1.82) is 0 Å². The number of carbonyl (C=O) groups is 2. The van der Waals surface area contributed by atoms with E-state index in [1.54, 1.807) is 0 Å². The van der Waals surface area contributed by atoms with E-state index in [2.05, 4.69) is 11.9 Å². The molecule has 3 N–H and O–H groups in total. The first-order valence-electron chi connectivity index (χ1n) is 6.80. The number of hydrogen-bond donors (Lipinski definition) is 3. The number of rotatable bonds is 11. The summed E-state index contributed by atoms with van der Waals surface area (Å²) in [5.41, 5.74) is 0. The molecule has 20 heavy (non-hydrogen) atoms. The third-order valence-electron chi connectivity index (χ3n) is 3.05. The van der Waals surface area contributed by atoms with Crippen LogP contribution in [0.4, 0.5) is 0 Å². The number of hydrogen-bond acceptors (Lipinski definition) is 4. The second-order valence-corrected chi connectivity index (χ2v) is 5.64. The Kier molecular flexibility index (Phi) is 10.2. The van der Waals surface area contributed by atoms with Gasteiger partial charge < -0.3 is 15.5 Å². The number of nitrogens with one attached hydrogen (secondary N) is 1. The fourth-order valence-electron chi connectivity index (χ4n) is 1.79. The van der Waals surface area contributed by atoms with Crippen molar-refractivity contribution < 1.29 is 19.8 Å². The summed E-state index contributed by atoms with van der Waals surface area (Å²) in [4.78, 5) is 23.1. The SMILES string of the molecule is C=C[C@H](C(=O)NC(CCSC)C(=O)O)[C@H](O)CCCC. The molecule has 0 aliphatic rings. The van der Waals surface area contributed by atoms with E-state index in [0.717, 1.165) is 12.8 Å². The van der Waals surface area contributed by atoms with Crippen molar-refractivity contribution in [2.45, 2.75) is 44.8 Å². The Bertz CT molecular complexity index is 322. The molecule has 0 aliphatic heterocycles. The smallest absolute Gasteiger partial charge is 0.326 e. The third-order valence-corrected chi connectivity index (χ3v) is 3.69. The average molecular weight is 303 g/mol. The molecular formula is C14H25NO4S. The van der Waals surface area contributed by atoms with Crippen LogP contribution in [-0.2, 0) is 9.59 Å². The third kappa shape index (κ3) is 6.96. The Morgan fingerprint density at radius 1 is 1.40 bits per heavy atom. The van der Waals surface area contributed by atoms with Crippen molar-refractivity contribution >= 4 is 23.6 Å². The van der Waals surface area contributed by atoms with Crippen molar-refractivity contribution in [3.05, 3.63) is 12.7 Å². The minimum Gasteiger partial charge on any atom is -0.480 e. The maximum absolute atomic E-state index is 12.0. The quantitative estimate of drug-likeness (QED) is 0.505. The topological polar surface area (TPSA) is 86.6 Å². The number of carboxylic acids is 1. The number of carbonyl (C=O) groups excluding carboxylic acids is 1. The maximum Gasteiger partial charge on any atom is 0.326 e. The van der Waals surface area contributed by atoms with Crippen LogP contribution in [0.15, 0.2) is 12.7 Å². The molecule has 6 heteroatoms. The summed E-state index contributed by atoms with van der Waals surface area (Å²) < 4.78 is 0. The number of aliphatic carboxylic acids is 1. The summed E-state index contributed by atoms with van der Waals surface area (Å²) in [5, 5.41) is 21.5. The Balaban J connectivity index is 4.57. The molecule has 0 bridgehead atoms. The van der Waals surface area contributed by atoms with Crippen LogP contribution >= 0.6 is 11.8 Å². The van der Waals surface area contributed by atoms with Gasteiger partial charge in [-0.3, -0.25) is 4.79 Å². The maximum atomic E-state index is 12.0. The van der Waals surface area contributed by atoms with E-state index in [-0.39, 0.29) is 0 Å². The van der Waals surface area contributed by atoms with E-state index in [1.807, 2.05) is 13.2 Å². The van der Waals surface area contributed by atoms with Gasteiger partial charge in [-0.2, -0.15) is 11.8 Å². The molecule has 0 aromatic heterocycles. The zero-order chi connectivity index (χ0) is 15.5. The van der Waals surface area contributed by atoms with Crippen LogP contribution in [0.2, 0.25) is 0 Å². The van der Waals surface area contributed by atoms with E-state index in [4.69, 9.17) is 5.11 Å². The average Bonchev–Trinajstić information content (AvgIpc) is 2.41. The van der Waals surface area contributed by atoms with Crippen LogP contribution in [0.5, 0.6) is 0 Å². The normalized spacial score (nSPS) is 15.2. The monoisotopic (exact) mass is 303 g/mol.